The van der Waals surface area contributed by atoms with Gasteiger partial charge in [0.25, 0.3) is 5.91 Å². The highest BCUT2D eigenvalue weighted by Gasteiger charge is 2.71. The van der Waals surface area contributed by atoms with Crippen molar-refractivity contribution in [1.82, 2.24) is 5.32 Å². The molecular weight excluding hydrogens is 458 g/mol. The van der Waals surface area contributed by atoms with Crippen molar-refractivity contribution in [1.29, 1.82) is 0 Å². The summed E-state index contributed by atoms with van der Waals surface area (Å²) in [4.78, 5) is 44.1. The quantitative estimate of drug-likeness (QED) is 0.539. The Morgan fingerprint density at radius 2 is 1.81 bits per heavy atom. The molecule has 158 valence electrons. The van der Waals surface area contributed by atoms with Gasteiger partial charge in [0.2, 0.25) is 11.8 Å². The minimum atomic E-state index is -1.25. The highest BCUT2D eigenvalue weighted by atomic mass is 79.9. The summed E-state index contributed by atoms with van der Waals surface area (Å²) in [5.41, 5.74) is 0.797. The van der Waals surface area contributed by atoms with E-state index in [-0.39, 0.29) is 23.8 Å². The number of carbonyl (C=O) groups excluding carboxylic acids is 3. The Bertz CT molecular complexity index is 1120. The van der Waals surface area contributed by atoms with E-state index in [1.807, 2.05) is 31.2 Å². The Balaban J connectivity index is 1.68. The molecule has 3 aliphatic heterocycles. The van der Waals surface area contributed by atoms with Crippen LogP contribution in [0.3, 0.4) is 0 Å². The molecule has 0 aromatic heterocycles. The third kappa shape index (κ3) is 2.56. The highest BCUT2D eigenvalue weighted by molar-refractivity contribution is 9.10. The summed E-state index contributed by atoms with van der Waals surface area (Å²) in [5, 5.41) is 3.45. The summed E-state index contributed by atoms with van der Waals surface area (Å²) in [5.74, 6) is -2.16. The monoisotopic (exact) mass is 479 g/mol. The lowest BCUT2D eigenvalue weighted by atomic mass is 9.76. The van der Waals surface area contributed by atoms with E-state index in [1.165, 1.54) is 4.90 Å². The van der Waals surface area contributed by atoms with E-state index >= 15 is 0 Å². The summed E-state index contributed by atoms with van der Waals surface area (Å²) in [6.45, 7) is 6.09. The number of nitrogens with one attached hydrogen (secondary N) is 1. The van der Waals surface area contributed by atoms with Crippen LogP contribution in [0, 0.1) is 11.8 Å². The zero-order valence-electron chi connectivity index (χ0n) is 17.0. The van der Waals surface area contributed by atoms with Crippen LogP contribution in [0.25, 0.3) is 0 Å². The molecule has 0 unspecified atom stereocenters. The van der Waals surface area contributed by atoms with Crippen LogP contribution in [0.4, 0.5) is 11.4 Å². The van der Waals surface area contributed by atoms with Crippen molar-refractivity contribution in [3.05, 3.63) is 71.2 Å². The van der Waals surface area contributed by atoms with Gasteiger partial charge in [-0.1, -0.05) is 47.1 Å². The van der Waals surface area contributed by atoms with Gasteiger partial charge in [-0.05, 0) is 36.8 Å². The number of rotatable bonds is 4. The van der Waals surface area contributed by atoms with Gasteiger partial charge < -0.3 is 4.90 Å². The summed E-state index contributed by atoms with van der Waals surface area (Å²) in [7, 11) is 0. The lowest BCUT2D eigenvalue weighted by molar-refractivity contribution is -0.132. The zero-order chi connectivity index (χ0) is 21.9. The fourth-order valence-corrected chi connectivity index (χ4v) is 5.72. The molecule has 2 aromatic carbocycles. The fourth-order valence-electron chi connectivity index (χ4n) is 5.45. The predicted octanol–water partition coefficient (Wildman–Crippen LogP) is 3.36. The van der Waals surface area contributed by atoms with Gasteiger partial charge in [0.05, 0.1) is 17.5 Å². The second-order valence-corrected chi connectivity index (χ2v) is 9.10. The first kappa shape index (κ1) is 20.2. The third-order valence-corrected chi connectivity index (χ3v) is 7.23. The number of anilines is 2. The number of fused-ring (bicyclic) bond motifs is 4. The van der Waals surface area contributed by atoms with Crippen LogP contribution < -0.4 is 15.1 Å². The molecule has 3 heterocycles. The fraction of sp³-hybridized carbons (Fsp3) is 0.292. The topological polar surface area (TPSA) is 69.7 Å². The highest BCUT2D eigenvalue weighted by Crippen LogP contribution is 2.55. The number of imide groups is 1. The molecule has 4 atom stereocenters. The number of hydrogen-bond donors (Lipinski definition) is 1. The van der Waals surface area contributed by atoms with E-state index in [4.69, 9.17) is 0 Å². The van der Waals surface area contributed by atoms with E-state index in [9.17, 15) is 14.4 Å². The minimum Gasteiger partial charge on any atom is -0.306 e. The van der Waals surface area contributed by atoms with Crippen LogP contribution in [0.1, 0.15) is 18.9 Å². The van der Waals surface area contributed by atoms with E-state index < -0.39 is 17.4 Å². The Kier molecular flexibility index (Phi) is 4.64. The summed E-state index contributed by atoms with van der Waals surface area (Å²) in [6, 6.07) is 14.3. The maximum atomic E-state index is 13.8. The normalized spacial score (nSPS) is 29.1. The van der Waals surface area contributed by atoms with Crippen molar-refractivity contribution in [3.63, 3.8) is 0 Å². The molecular formula is C24H22BrN3O3. The number of benzene rings is 2. The van der Waals surface area contributed by atoms with Gasteiger partial charge in [-0.25, -0.2) is 4.90 Å². The summed E-state index contributed by atoms with van der Waals surface area (Å²) < 4.78 is 0.861. The Hall–Kier alpha value is -2.77. The van der Waals surface area contributed by atoms with Crippen LogP contribution in [0.15, 0.2) is 65.7 Å². The number of nitrogens with zero attached hydrogens (tertiary/aromatic N) is 2. The van der Waals surface area contributed by atoms with Crippen molar-refractivity contribution >= 4 is 45.0 Å². The standard InChI is InChI=1S/C24H22BrN3O3/c1-3-13-27-18-8-6-5-7-16(18)24(23(27)31)20-19(17(4-2)26-24)21(29)28(22(20)30)15-11-9-14(25)10-12-15/h3,5-12,17,19-20,26H,1,4,13H2,2H3/t17-,19+,20-,24-/m0/s1. The van der Waals surface area contributed by atoms with Crippen LogP contribution in [0.5, 0.6) is 0 Å². The van der Waals surface area contributed by atoms with Gasteiger partial charge in [-0.3, -0.25) is 19.7 Å². The molecule has 5 rings (SSSR count). The molecule has 2 saturated heterocycles. The first-order valence-corrected chi connectivity index (χ1v) is 11.2. The molecule has 31 heavy (non-hydrogen) atoms. The molecule has 3 aliphatic rings. The first-order valence-electron chi connectivity index (χ1n) is 10.4. The number of carbonyl (C=O) groups is 3. The smallest absolute Gasteiger partial charge is 0.253 e. The van der Waals surface area contributed by atoms with Crippen molar-refractivity contribution < 1.29 is 14.4 Å². The van der Waals surface area contributed by atoms with Gasteiger partial charge in [0, 0.05) is 28.3 Å². The third-order valence-electron chi connectivity index (χ3n) is 6.70. The predicted molar refractivity (Wildman–Crippen MR) is 121 cm³/mol. The Labute approximate surface area is 189 Å². The molecule has 0 bridgehead atoms. The van der Waals surface area contributed by atoms with Gasteiger partial charge in [0.1, 0.15) is 5.54 Å². The van der Waals surface area contributed by atoms with Gasteiger partial charge in [0.15, 0.2) is 0 Å². The minimum absolute atomic E-state index is 0.196. The largest absolute Gasteiger partial charge is 0.306 e. The lowest BCUT2D eigenvalue weighted by Crippen LogP contribution is -2.55. The second-order valence-electron chi connectivity index (χ2n) is 8.18. The molecule has 0 saturated carbocycles. The molecule has 6 nitrogen and oxygen atoms in total. The molecule has 0 aliphatic carbocycles. The van der Waals surface area contributed by atoms with E-state index in [0.717, 1.165) is 15.7 Å². The Morgan fingerprint density at radius 1 is 1.10 bits per heavy atom. The van der Waals surface area contributed by atoms with Crippen LogP contribution in [-0.4, -0.2) is 30.3 Å². The Morgan fingerprint density at radius 3 is 2.48 bits per heavy atom. The summed E-state index contributed by atoms with van der Waals surface area (Å²) >= 11 is 3.39. The summed E-state index contributed by atoms with van der Waals surface area (Å²) in [6.07, 6.45) is 2.31. The lowest BCUT2D eigenvalue weighted by Gasteiger charge is -2.30. The average molecular weight is 480 g/mol. The SMILES string of the molecule is C=CCN1C(=O)[C@]2(N[C@@H](CC)[C@H]3C(=O)N(c4ccc(Br)cc4)C(=O)[C@H]32)c2ccccc21. The molecule has 1 N–H and O–H groups in total. The average Bonchev–Trinajstić information content (AvgIpc) is 3.34. The maximum absolute atomic E-state index is 13.8. The number of hydrogen-bond acceptors (Lipinski definition) is 4. The molecule has 7 heteroatoms. The van der Waals surface area contributed by atoms with Gasteiger partial charge in [-0.15, -0.1) is 6.58 Å². The van der Waals surface area contributed by atoms with E-state index in [1.54, 1.807) is 35.2 Å². The molecule has 2 aromatic rings. The van der Waals surface area contributed by atoms with Crippen molar-refractivity contribution in [2.45, 2.75) is 24.9 Å². The molecule has 3 amide bonds. The van der Waals surface area contributed by atoms with Crippen LogP contribution in [0.2, 0.25) is 0 Å². The first-order chi connectivity index (χ1) is 15.0. The van der Waals surface area contributed by atoms with Crippen LogP contribution in [-0.2, 0) is 19.9 Å². The zero-order valence-corrected chi connectivity index (χ0v) is 18.6. The van der Waals surface area contributed by atoms with Crippen molar-refractivity contribution in [2.24, 2.45) is 11.8 Å². The number of amides is 3. The number of halogens is 1. The van der Waals surface area contributed by atoms with Gasteiger partial charge >= 0.3 is 0 Å². The molecule has 1 spiro atoms. The van der Waals surface area contributed by atoms with Crippen LogP contribution >= 0.6 is 15.9 Å². The molecule has 2 fully saturated rings. The van der Waals surface area contributed by atoms with E-state index in [2.05, 4.69) is 27.8 Å². The van der Waals surface area contributed by atoms with Crippen molar-refractivity contribution in [3.8, 4) is 0 Å². The maximum Gasteiger partial charge on any atom is 0.253 e. The molecule has 0 radical (unpaired) electrons. The van der Waals surface area contributed by atoms with Gasteiger partial charge in [-0.2, -0.15) is 0 Å². The second kappa shape index (κ2) is 7.14. The number of para-hydroxylation sites is 1. The van der Waals surface area contributed by atoms with E-state index in [0.29, 0.717) is 18.7 Å². The van der Waals surface area contributed by atoms with Crippen molar-refractivity contribution in [2.75, 3.05) is 16.3 Å².